The van der Waals surface area contributed by atoms with E-state index in [1.807, 2.05) is 12.1 Å². The minimum absolute atomic E-state index is 0.230. The molecule has 0 saturated carbocycles. The van der Waals surface area contributed by atoms with E-state index in [1.165, 1.54) is 37.9 Å². The second kappa shape index (κ2) is 9.52. The molecule has 2 aliphatic heterocycles. The maximum Gasteiger partial charge on any atom is 0.257 e. The first-order valence-corrected chi connectivity index (χ1v) is 11.2. The average molecular weight is 423 g/mol. The van der Waals surface area contributed by atoms with Crippen molar-refractivity contribution in [3.8, 4) is 0 Å². The van der Waals surface area contributed by atoms with Crippen molar-refractivity contribution in [2.75, 3.05) is 35.6 Å². The highest BCUT2D eigenvalue weighted by Gasteiger charge is 2.24. The number of hydrogen-bond acceptors (Lipinski definition) is 4. The lowest BCUT2D eigenvalue weighted by Crippen LogP contribution is -2.38. The normalized spacial score (nSPS) is 19.9. The molecule has 0 bridgehead atoms. The van der Waals surface area contributed by atoms with Crippen molar-refractivity contribution >= 4 is 28.5 Å². The number of carbonyl (C=O) groups excluding carboxylic acids is 1. The molecule has 1 atom stereocenters. The molecule has 1 amide bonds. The van der Waals surface area contributed by atoms with Crippen LogP contribution in [0.2, 0.25) is 0 Å². The fourth-order valence-corrected chi connectivity index (χ4v) is 4.41. The number of nitrogens with one attached hydrogen (secondary N) is 3. The lowest BCUT2D eigenvalue weighted by molar-refractivity contribution is -0.110. The van der Waals surface area contributed by atoms with Crippen LogP contribution in [0, 0.1) is 12.7 Å². The number of fused-ring (bicyclic) bond motifs is 1. The predicted octanol–water partition coefficient (Wildman–Crippen LogP) is 5.22. The molecule has 164 valence electrons. The van der Waals surface area contributed by atoms with Gasteiger partial charge in [-0.1, -0.05) is 6.42 Å². The molecular weight excluding hydrogens is 391 g/mol. The first kappa shape index (κ1) is 21.4. The zero-order valence-corrected chi connectivity index (χ0v) is 18.3. The summed E-state index contributed by atoms with van der Waals surface area (Å²) >= 11 is 0. The molecule has 31 heavy (non-hydrogen) atoms. The van der Waals surface area contributed by atoms with Crippen LogP contribution >= 0.6 is 0 Å². The third kappa shape index (κ3) is 5.07. The summed E-state index contributed by atoms with van der Waals surface area (Å²) in [5, 5.41) is 9.48. The number of amides is 1. The zero-order valence-electron chi connectivity index (χ0n) is 18.3. The molecule has 5 nitrogen and oxygen atoms in total. The van der Waals surface area contributed by atoms with Crippen molar-refractivity contribution in [1.29, 1.82) is 0 Å². The first-order valence-electron chi connectivity index (χ1n) is 11.2. The number of likely N-dealkylation sites (tertiary alicyclic amines) is 1. The van der Waals surface area contributed by atoms with Crippen LogP contribution < -0.4 is 16.0 Å². The fourth-order valence-electron chi connectivity index (χ4n) is 4.41. The van der Waals surface area contributed by atoms with Crippen molar-refractivity contribution in [1.82, 2.24) is 4.90 Å². The van der Waals surface area contributed by atoms with Crippen LogP contribution in [-0.4, -0.2) is 36.5 Å². The smallest absolute Gasteiger partial charge is 0.257 e. The minimum atomic E-state index is -0.359. The SMILES string of the molecule is Cc1cc(NC=C2C(=O)Nc3ccc(F)cc32)ccc1NCCCN1CCCCC1C. The summed E-state index contributed by atoms with van der Waals surface area (Å²) in [6.07, 6.45) is 6.77. The Morgan fingerprint density at radius 2 is 2.10 bits per heavy atom. The van der Waals surface area contributed by atoms with E-state index in [9.17, 15) is 9.18 Å². The van der Waals surface area contributed by atoms with E-state index in [0.29, 0.717) is 22.9 Å². The Morgan fingerprint density at radius 3 is 2.90 bits per heavy atom. The summed E-state index contributed by atoms with van der Waals surface area (Å²) in [4.78, 5) is 14.8. The largest absolute Gasteiger partial charge is 0.385 e. The Labute approximate surface area is 183 Å². The van der Waals surface area contributed by atoms with Gasteiger partial charge in [-0.15, -0.1) is 0 Å². The van der Waals surface area contributed by atoms with Gasteiger partial charge in [0, 0.05) is 48.0 Å². The summed E-state index contributed by atoms with van der Waals surface area (Å²) in [5.41, 5.74) is 4.79. The van der Waals surface area contributed by atoms with E-state index < -0.39 is 0 Å². The molecule has 1 fully saturated rings. The Kier molecular flexibility index (Phi) is 6.56. The van der Waals surface area contributed by atoms with Gasteiger partial charge in [0.15, 0.2) is 0 Å². The summed E-state index contributed by atoms with van der Waals surface area (Å²) < 4.78 is 13.6. The van der Waals surface area contributed by atoms with E-state index in [2.05, 4.69) is 40.8 Å². The summed E-state index contributed by atoms with van der Waals surface area (Å²) in [7, 11) is 0. The van der Waals surface area contributed by atoms with Crippen molar-refractivity contribution in [2.45, 2.75) is 45.6 Å². The van der Waals surface area contributed by atoms with Gasteiger partial charge in [-0.3, -0.25) is 4.79 Å². The van der Waals surface area contributed by atoms with E-state index >= 15 is 0 Å². The Hall–Kier alpha value is -2.86. The number of rotatable bonds is 7. The van der Waals surface area contributed by atoms with Crippen LogP contribution in [0.4, 0.5) is 21.5 Å². The summed E-state index contributed by atoms with van der Waals surface area (Å²) in [6, 6.07) is 11.1. The highest BCUT2D eigenvalue weighted by atomic mass is 19.1. The molecule has 4 rings (SSSR count). The molecule has 0 aromatic heterocycles. The molecule has 1 saturated heterocycles. The van der Waals surface area contributed by atoms with Gasteiger partial charge in [-0.05, 0) is 81.6 Å². The Bertz CT molecular complexity index is 987. The van der Waals surface area contributed by atoms with Crippen molar-refractivity contribution in [2.24, 2.45) is 0 Å². The monoisotopic (exact) mass is 422 g/mol. The summed E-state index contributed by atoms with van der Waals surface area (Å²) in [5.74, 6) is -0.590. The van der Waals surface area contributed by atoms with Gasteiger partial charge in [0.1, 0.15) is 5.82 Å². The Balaban J connectivity index is 1.32. The number of benzene rings is 2. The topological polar surface area (TPSA) is 56.4 Å². The number of hydrogen-bond donors (Lipinski definition) is 3. The van der Waals surface area contributed by atoms with Gasteiger partial charge >= 0.3 is 0 Å². The highest BCUT2D eigenvalue weighted by Crippen LogP contribution is 2.32. The number of aryl methyl sites for hydroxylation is 1. The Morgan fingerprint density at radius 1 is 1.23 bits per heavy atom. The number of carbonyl (C=O) groups is 1. The number of nitrogens with zero attached hydrogens (tertiary/aromatic N) is 1. The quantitative estimate of drug-likeness (QED) is 0.423. The van der Waals surface area contributed by atoms with Crippen LogP contribution in [0.1, 0.15) is 43.7 Å². The van der Waals surface area contributed by atoms with E-state index in [4.69, 9.17) is 0 Å². The molecule has 6 heteroatoms. The number of halogens is 1. The van der Waals surface area contributed by atoms with Gasteiger partial charge in [0.25, 0.3) is 5.91 Å². The molecule has 1 unspecified atom stereocenters. The molecule has 0 spiro atoms. The van der Waals surface area contributed by atoms with Gasteiger partial charge in [-0.2, -0.15) is 0 Å². The van der Waals surface area contributed by atoms with Gasteiger partial charge in [-0.25, -0.2) is 4.39 Å². The van der Waals surface area contributed by atoms with Crippen LogP contribution in [-0.2, 0) is 4.79 Å². The molecule has 2 aromatic rings. The number of anilines is 3. The molecular formula is C25H31FN4O. The van der Waals surface area contributed by atoms with Crippen molar-refractivity contribution < 1.29 is 9.18 Å². The third-order valence-electron chi connectivity index (χ3n) is 6.25. The zero-order chi connectivity index (χ0) is 21.8. The fraction of sp³-hybridized carbons (Fsp3) is 0.400. The summed E-state index contributed by atoms with van der Waals surface area (Å²) in [6.45, 7) is 7.72. The van der Waals surface area contributed by atoms with Crippen molar-refractivity contribution in [3.05, 3.63) is 59.5 Å². The maximum absolute atomic E-state index is 13.6. The first-order chi connectivity index (χ1) is 15.0. The number of piperidine rings is 1. The second-order valence-electron chi connectivity index (χ2n) is 8.54. The lowest BCUT2D eigenvalue weighted by Gasteiger charge is -2.33. The molecule has 2 heterocycles. The van der Waals surface area contributed by atoms with E-state index in [-0.39, 0.29) is 11.7 Å². The minimum Gasteiger partial charge on any atom is -0.385 e. The van der Waals surface area contributed by atoms with Crippen LogP contribution in [0.5, 0.6) is 0 Å². The average Bonchev–Trinajstić information content (AvgIpc) is 3.06. The molecule has 2 aromatic carbocycles. The van der Waals surface area contributed by atoms with Gasteiger partial charge < -0.3 is 20.9 Å². The van der Waals surface area contributed by atoms with Gasteiger partial charge in [0.05, 0.1) is 5.57 Å². The third-order valence-corrected chi connectivity index (χ3v) is 6.25. The van der Waals surface area contributed by atoms with Crippen LogP contribution in [0.15, 0.2) is 42.6 Å². The van der Waals surface area contributed by atoms with E-state index in [0.717, 1.165) is 36.4 Å². The van der Waals surface area contributed by atoms with Crippen molar-refractivity contribution in [3.63, 3.8) is 0 Å². The standard InChI is InChI=1S/C25H31FN4O/c1-17-14-20(28-16-22-21-15-19(26)7-9-24(21)29-25(22)31)8-10-23(17)27-11-5-13-30-12-4-3-6-18(30)2/h7-10,14-16,18,27-28H,3-6,11-13H2,1-2H3,(H,29,31). The maximum atomic E-state index is 13.6. The van der Waals surface area contributed by atoms with Gasteiger partial charge in [0.2, 0.25) is 0 Å². The predicted molar refractivity (Wildman–Crippen MR) is 126 cm³/mol. The van der Waals surface area contributed by atoms with E-state index in [1.54, 1.807) is 12.3 Å². The molecule has 3 N–H and O–H groups in total. The van der Waals surface area contributed by atoms with Crippen LogP contribution in [0.25, 0.3) is 5.57 Å². The molecule has 0 radical (unpaired) electrons. The highest BCUT2D eigenvalue weighted by molar-refractivity contribution is 6.31. The second-order valence-corrected chi connectivity index (χ2v) is 8.54. The van der Waals surface area contributed by atoms with Crippen LogP contribution in [0.3, 0.4) is 0 Å². The lowest BCUT2D eigenvalue weighted by atomic mass is 10.0. The molecule has 2 aliphatic rings. The molecule has 0 aliphatic carbocycles.